The Bertz CT molecular complexity index is 1520. The third kappa shape index (κ3) is 4.65. The van der Waals surface area contributed by atoms with Crippen LogP contribution >= 0.6 is 23.2 Å². The number of hydrogen-bond acceptors (Lipinski definition) is 3. The van der Waals surface area contributed by atoms with Crippen LogP contribution in [0.15, 0.2) is 83.6 Å². The summed E-state index contributed by atoms with van der Waals surface area (Å²) in [5.41, 5.74) is 3.69. The molecule has 1 aliphatic heterocycles. The van der Waals surface area contributed by atoms with E-state index in [0.29, 0.717) is 51.0 Å². The Morgan fingerprint density at radius 1 is 1.03 bits per heavy atom. The van der Waals surface area contributed by atoms with Crippen molar-refractivity contribution in [3.63, 3.8) is 0 Å². The topological polar surface area (TPSA) is 64.4 Å². The number of nitrogens with zero attached hydrogens (tertiary/aromatic N) is 1. The molecule has 0 aromatic heterocycles. The minimum absolute atomic E-state index is 0.0240. The van der Waals surface area contributed by atoms with Crippen molar-refractivity contribution in [1.82, 2.24) is 0 Å². The summed E-state index contributed by atoms with van der Waals surface area (Å²) in [5, 5.41) is 22.2. The number of aliphatic hydroxyl groups is 1. The molecular weight excluding hydrogens is 522 g/mol. The average Bonchev–Trinajstić information content (AvgIpc) is 2.85. The van der Waals surface area contributed by atoms with Crippen molar-refractivity contribution in [2.24, 2.45) is 5.41 Å². The van der Waals surface area contributed by atoms with E-state index in [1.54, 1.807) is 47.4 Å². The number of carbonyl (C=O) groups excluding carboxylic acids is 1. The molecule has 0 amide bonds. The number of benzene rings is 3. The van der Waals surface area contributed by atoms with Gasteiger partial charge in [0.2, 0.25) is 0 Å². The molecule has 0 saturated carbocycles. The summed E-state index contributed by atoms with van der Waals surface area (Å²) in [4.78, 5) is 15.6. The highest BCUT2D eigenvalue weighted by Gasteiger charge is 2.46. The third-order valence-corrected chi connectivity index (χ3v) is 7.87. The number of rotatable bonds is 3. The molecule has 3 aromatic rings. The molecule has 1 unspecified atom stereocenters. The molecule has 38 heavy (non-hydrogen) atoms. The summed E-state index contributed by atoms with van der Waals surface area (Å²) in [6.07, 6.45) is 0.850. The predicted molar refractivity (Wildman–Crippen MR) is 152 cm³/mol. The van der Waals surface area contributed by atoms with Crippen LogP contribution in [0.2, 0.25) is 10.0 Å². The SMILES string of the molecule is Cc1ccc(N2C(=N)/C(=C(/O)c3ccc(Cl)cc3)C(c3ccc(F)cc3)C3=C2CC(C)(C)CC3=O)cc1Cl. The van der Waals surface area contributed by atoms with Gasteiger partial charge in [-0.1, -0.05) is 55.2 Å². The van der Waals surface area contributed by atoms with E-state index in [4.69, 9.17) is 23.2 Å². The number of anilines is 1. The van der Waals surface area contributed by atoms with Crippen LogP contribution in [-0.2, 0) is 4.79 Å². The number of carbonyl (C=O) groups is 1. The van der Waals surface area contributed by atoms with Crippen LogP contribution in [0, 0.1) is 23.6 Å². The Kier molecular flexibility index (Phi) is 6.70. The molecule has 3 aromatic carbocycles. The second kappa shape index (κ2) is 9.72. The molecule has 0 bridgehead atoms. The fraction of sp³-hybridized carbons (Fsp3) is 0.226. The lowest BCUT2D eigenvalue weighted by molar-refractivity contribution is -0.118. The van der Waals surface area contributed by atoms with E-state index in [1.807, 2.05) is 32.9 Å². The molecule has 7 heteroatoms. The third-order valence-electron chi connectivity index (χ3n) is 7.21. The number of ketones is 1. The number of halogens is 3. The average molecular weight is 549 g/mol. The van der Waals surface area contributed by atoms with Crippen LogP contribution in [0.25, 0.3) is 5.76 Å². The van der Waals surface area contributed by atoms with E-state index >= 15 is 0 Å². The van der Waals surface area contributed by atoms with Crippen molar-refractivity contribution >= 4 is 46.3 Å². The molecule has 0 spiro atoms. The monoisotopic (exact) mass is 548 g/mol. The lowest BCUT2D eigenvalue weighted by atomic mass is 9.67. The number of allylic oxidation sites excluding steroid dienone is 2. The summed E-state index contributed by atoms with van der Waals surface area (Å²) in [6, 6.07) is 18.0. The van der Waals surface area contributed by atoms with Crippen molar-refractivity contribution in [3.8, 4) is 0 Å². The van der Waals surface area contributed by atoms with E-state index in [2.05, 4.69) is 0 Å². The Hall–Kier alpha value is -3.41. The Labute approximate surface area is 231 Å². The molecule has 0 radical (unpaired) electrons. The highest BCUT2D eigenvalue weighted by atomic mass is 35.5. The van der Waals surface area contributed by atoms with Gasteiger partial charge in [0.15, 0.2) is 5.78 Å². The summed E-state index contributed by atoms with van der Waals surface area (Å²) < 4.78 is 13.9. The molecule has 1 aliphatic carbocycles. The van der Waals surface area contributed by atoms with Crippen LogP contribution in [0.3, 0.4) is 0 Å². The quantitative estimate of drug-likeness (QED) is 0.322. The van der Waals surface area contributed by atoms with Gasteiger partial charge < -0.3 is 5.11 Å². The second-order valence-electron chi connectivity index (χ2n) is 10.7. The van der Waals surface area contributed by atoms with E-state index in [-0.39, 0.29) is 28.4 Å². The molecule has 0 saturated heterocycles. The number of aliphatic hydroxyl groups excluding tert-OH is 1. The summed E-state index contributed by atoms with van der Waals surface area (Å²) in [5.74, 6) is -1.35. The Balaban J connectivity index is 1.85. The standard InChI is InChI=1S/C31H27Cl2FN2O2/c1-17-4-13-22(14-23(17)33)36-24-15-31(2,3)16-25(37)27(24)26(18-7-11-21(34)12-8-18)28(30(36)35)29(38)19-5-9-20(32)10-6-19/h4-14,26,35,38H,15-16H2,1-3H3/b29-28+,35-30?. The molecule has 194 valence electrons. The Morgan fingerprint density at radius 3 is 2.32 bits per heavy atom. The molecule has 1 atom stereocenters. The zero-order valence-corrected chi connectivity index (χ0v) is 22.8. The van der Waals surface area contributed by atoms with Gasteiger partial charge in [-0.2, -0.15) is 0 Å². The first kappa shape index (κ1) is 26.2. The molecule has 5 rings (SSSR count). The normalized spacial score (nSPS) is 20.5. The van der Waals surface area contributed by atoms with Crippen LogP contribution in [0.5, 0.6) is 0 Å². The second-order valence-corrected chi connectivity index (χ2v) is 11.5. The van der Waals surface area contributed by atoms with Crippen LogP contribution < -0.4 is 4.90 Å². The Morgan fingerprint density at radius 2 is 1.68 bits per heavy atom. The number of nitrogens with one attached hydrogen (secondary N) is 1. The maximum Gasteiger partial charge on any atom is 0.162 e. The minimum atomic E-state index is -0.755. The summed E-state index contributed by atoms with van der Waals surface area (Å²) in [7, 11) is 0. The van der Waals surface area contributed by atoms with Crippen molar-refractivity contribution < 1.29 is 14.3 Å². The number of aryl methyl sites for hydroxylation is 1. The van der Waals surface area contributed by atoms with Gasteiger partial charge >= 0.3 is 0 Å². The van der Waals surface area contributed by atoms with E-state index in [1.165, 1.54) is 12.1 Å². The molecule has 4 nitrogen and oxygen atoms in total. The fourth-order valence-corrected chi connectivity index (χ4v) is 5.67. The minimum Gasteiger partial charge on any atom is -0.507 e. The maximum atomic E-state index is 13.9. The van der Waals surface area contributed by atoms with Crippen LogP contribution in [0.1, 0.15) is 49.3 Å². The first-order valence-corrected chi connectivity index (χ1v) is 13.1. The lowest BCUT2D eigenvalue weighted by Gasteiger charge is -2.45. The molecule has 2 aliphatic rings. The number of Topliss-reactive ketones (excluding diaryl/α,β-unsaturated/α-hetero) is 1. The maximum absolute atomic E-state index is 13.9. The molecule has 2 N–H and O–H groups in total. The fourth-order valence-electron chi connectivity index (χ4n) is 5.37. The van der Waals surface area contributed by atoms with Crippen LogP contribution in [-0.4, -0.2) is 16.7 Å². The van der Waals surface area contributed by atoms with Crippen molar-refractivity contribution in [2.75, 3.05) is 4.90 Å². The van der Waals surface area contributed by atoms with Gasteiger partial charge in [0, 0.05) is 50.5 Å². The molecular formula is C31H27Cl2FN2O2. The van der Waals surface area contributed by atoms with Gasteiger partial charge in [0.05, 0.1) is 0 Å². The number of hydrogen-bond donors (Lipinski definition) is 2. The molecule has 1 heterocycles. The first-order valence-electron chi connectivity index (χ1n) is 12.3. The smallest absolute Gasteiger partial charge is 0.162 e. The summed E-state index contributed by atoms with van der Waals surface area (Å²) in [6.45, 7) is 5.96. The van der Waals surface area contributed by atoms with E-state index in [9.17, 15) is 19.7 Å². The number of amidine groups is 1. The first-order chi connectivity index (χ1) is 18.0. The van der Waals surface area contributed by atoms with Crippen molar-refractivity contribution in [1.29, 1.82) is 5.41 Å². The molecule has 0 fully saturated rings. The van der Waals surface area contributed by atoms with E-state index < -0.39 is 11.7 Å². The van der Waals surface area contributed by atoms with Gasteiger partial charge in [-0.25, -0.2) is 4.39 Å². The zero-order valence-electron chi connectivity index (χ0n) is 21.3. The van der Waals surface area contributed by atoms with Gasteiger partial charge in [0.25, 0.3) is 0 Å². The van der Waals surface area contributed by atoms with E-state index in [0.717, 1.165) is 5.56 Å². The summed E-state index contributed by atoms with van der Waals surface area (Å²) >= 11 is 12.6. The van der Waals surface area contributed by atoms with Gasteiger partial charge in [-0.05, 0) is 78.4 Å². The largest absolute Gasteiger partial charge is 0.507 e. The predicted octanol–water partition coefficient (Wildman–Crippen LogP) is 8.63. The van der Waals surface area contributed by atoms with Gasteiger partial charge in [0.1, 0.15) is 17.4 Å². The van der Waals surface area contributed by atoms with Crippen molar-refractivity contribution in [2.45, 2.75) is 39.5 Å². The highest BCUT2D eigenvalue weighted by molar-refractivity contribution is 6.32. The van der Waals surface area contributed by atoms with Crippen molar-refractivity contribution in [3.05, 3.63) is 116 Å². The highest BCUT2D eigenvalue weighted by Crippen LogP contribution is 2.51. The lowest BCUT2D eigenvalue weighted by Crippen LogP contribution is -2.45. The van der Waals surface area contributed by atoms with Gasteiger partial charge in [-0.15, -0.1) is 0 Å². The zero-order chi connectivity index (χ0) is 27.4. The van der Waals surface area contributed by atoms with Gasteiger partial charge in [-0.3, -0.25) is 15.1 Å². The van der Waals surface area contributed by atoms with Crippen LogP contribution in [0.4, 0.5) is 10.1 Å².